The quantitative estimate of drug-likeness (QED) is 0.415. The van der Waals surface area contributed by atoms with E-state index in [1.54, 1.807) is 0 Å². The minimum Gasteiger partial charge on any atom is -0.372 e. The number of amides is 4. The van der Waals surface area contributed by atoms with Crippen LogP contribution in [-0.2, 0) is 23.9 Å². The van der Waals surface area contributed by atoms with Crippen LogP contribution in [0.5, 0.6) is 0 Å². The third-order valence-electron chi connectivity index (χ3n) is 8.24. The number of piperidine rings is 1. The smallest absolute Gasteiger partial charge is 0.372 e. The Morgan fingerprint density at radius 2 is 1.77 bits per heavy atom. The molecule has 3 saturated heterocycles. The molecule has 4 aliphatic rings. The Morgan fingerprint density at radius 1 is 1.23 bits per heavy atom. The second-order valence-corrected chi connectivity index (χ2v) is 12.9. The molecule has 0 aromatic heterocycles. The van der Waals surface area contributed by atoms with Crippen molar-refractivity contribution >= 4 is 24.1 Å². The van der Waals surface area contributed by atoms with Gasteiger partial charge in [-0.3, -0.25) is 19.2 Å². The summed E-state index contributed by atoms with van der Waals surface area (Å²) in [6, 6.07) is 1.38. The van der Waals surface area contributed by atoms with Crippen LogP contribution in [0, 0.1) is 34.5 Å². The molecule has 0 spiro atoms. The van der Waals surface area contributed by atoms with Crippen molar-refractivity contribution in [2.45, 2.75) is 103 Å². The molecule has 13 heteroatoms. The van der Waals surface area contributed by atoms with Crippen molar-refractivity contribution in [2.75, 3.05) is 13.1 Å². The molecule has 226 valence electrons. The van der Waals surface area contributed by atoms with Crippen LogP contribution in [0.15, 0.2) is 0 Å². The molecule has 10 nitrogen and oxygen atoms in total. The van der Waals surface area contributed by atoms with Gasteiger partial charge in [-0.2, -0.15) is 18.4 Å². The molecule has 1 saturated carbocycles. The molecular formula is C27H42F3N5O5. The number of rotatable bonds is 6. The topological polar surface area (TPSA) is 155 Å². The zero-order chi connectivity index (χ0) is 30.7. The SMILES string of the molecule is CC1(C)CC(CC(C#N)NC=O)C(=O)N1.CC1(C)CCC(CC(=O)N2CC3C(C2)C3(C)C)O1.NC(=O)C(F)(F)F. The summed E-state index contributed by atoms with van der Waals surface area (Å²) in [6.07, 6.45) is -0.448. The molecule has 4 rings (SSSR count). The molecule has 5 atom stereocenters. The van der Waals surface area contributed by atoms with Gasteiger partial charge >= 0.3 is 12.1 Å². The summed E-state index contributed by atoms with van der Waals surface area (Å²) in [4.78, 5) is 45.1. The average Bonchev–Trinajstić information content (AvgIpc) is 3.25. The summed E-state index contributed by atoms with van der Waals surface area (Å²) in [5.41, 5.74) is 4.06. The predicted molar refractivity (Wildman–Crippen MR) is 139 cm³/mol. The van der Waals surface area contributed by atoms with Crippen molar-refractivity contribution in [3.05, 3.63) is 0 Å². The van der Waals surface area contributed by atoms with Gasteiger partial charge in [0.25, 0.3) is 0 Å². The van der Waals surface area contributed by atoms with Crippen LogP contribution in [0.3, 0.4) is 0 Å². The number of carbonyl (C=O) groups excluding carboxylic acids is 4. The summed E-state index contributed by atoms with van der Waals surface area (Å²) in [5, 5.41) is 14.0. The molecule has 4 amide bonds. The van der Waals surface area contributed by atoms with Gasteiger partial charge in [0.05, 0.1) is 24.2 Å². The van der Waals surface area contributed by atoms with Crippen LogP contribution in [0.1, 0.15) is 73.6 Å². The largest absolute Gasteiger partial charge is 0.470 e. The summed E-state index contributed by atoms with van der Waals surface area (Å²) in [7, 11) is 0. The van der Waals surface area contributed by atoms with E-state index >= 15 is 0 Å². The molecule has 0 radical (unpaired) electrons. The number of hydrogen-bond donors (Lipinski definition) is 3. The van der Waals surface area contributed by atoms with E-state index in [1.807, 2.05) is 19.9 Å². The van der Waals surface area contributed by atoms with E-state index in [1.165, 1.54) is 0 Å². The van der Waals surface area contributed by atoms with Gasteiger partial charge < -0.3 is 26.0 Å². The monoisotopic (exact) mass is 573 g/mol. The number of likely N-dealkylation sites (tertiary alicyclic amines) is 1. The fraction of sp³-hybridized carbons (Fsp3) is 0.815. The highest BCUT2D eigenvalue weighted by atomic mass is 19.4. The average molecular weight is 574 g/mol. The molecule has 5 unspecified atom stereocenters. The summed E-state index contributed by atoms with van der Waals surface area (Å²) < 4.78 is 38.0. The molecular weight excluding hydrogens is 531 g/mol. The van der Waals surface area contributed by atoms with E-state index in [0.29, 0.717) is 37.0 Å². The highest BCUT2D eigenvalue weighted by Crippen LogP contribution is 2.62. The first-order chi connectivity index (χ1) is 18.2. The Hall–Kier alpha value is -2.88. The molecule has 0 aromatic carbocycles. The maximum Gasteiger partial charge on any atom is 0.470 e. The van der Waals surface area contributed by atoms with Crippen molar-refractivity contribution < 1.29 is 37.1 Å². The molecule has 0 bridgehead atoms. The second kappa shape index (κ2) is 12.3. The Balaban J connectivity index is 0.000000231. The number of carbonyl (C=O) groups is 4. The van der Waals surface area contributed by atoms with Gasteiger partial charge in [0.1, 0.15) is 6.04 Å². The number of halogens is 3. The highest BCUT2D eigenvalue weighted by molar-refractivity contribution is 5.82. The van der Waals surface area contributed by atoms with Crippen LogP contribution in [0.25, 0.3) is 0 Å². The normalized spacial score (nSPS) is 29.3. The van der Waals surface area contributed by atoms with Crippen molar-refractivity contribution in [3.8, 4) is 6.07 Å². The summed E-state index contributed by atoms with van der Waals surface area (Å²) >= 11 is 0. The number of fused-ring (bicyclic) bond motifs is 1. The number of nitriles is 1. The van der Waals surface area contributed by atoms with Crippen molar-refractivity contribution in [2.24, 2.45) is 28.9 Å². The van der Waals surface area contributed by atoms with Crippen LogP contribution in [0.2, 0.25) is 0 Å². The number of alkyl halides is 3. The van der Waals surface area contributed by atoms with Crippen molar-refractivity contribution in [3.63, 3.8) is 0 Å². The van der Waals surface area contributed by atoms with Gasteiger partial charge in [0.2, 0.25) is 18.2 Å². The third kappa shape index (κ3) is 9.08. The maximum atomic E-state index is 12.2. The molecule has 4 N–H and O–H groups in total. The lowest BCUT2D eigenvalue weighted by Crippen LogP contribution is -2.35. The molecule has 3 heterocycles. The van der Waals surface area contributed by atoms with Gasteiger partial charge in [0.15, 0.2) is 0 Å². The fourth-order valence-electron chi connectivity index (χ4n) is 5.79. The Kier molecular flexibility index (Phi) is 10.3. The summed E-state index contributed by atoms with van der Waals surface area (Å²) in [5.74, 6) is -0.664. The van der Waals surface area contributed by atoms with Gasteiger partial charge in [-0.15, -0.1) is 0 Å². The molecule has 3 aliphatic heterocycles. The van der Waals surface area contributed by atoms with E-state index in [4.69, 9.17) is 14.8 Å². The molecule has 40 heavy (non-hydrogen) atoms. The van der Waals surface area contributed by atoms with Crippen LogP contribution < -0.4 is 16.4 Å². The molecule has 1 aliphatic carbocycles. The molecule has 4 fully saturated rings. The third-order valence-corrected chi connectivity index (χ3v) is 8.24. The minimum absolute atomic E-state index is 0.0277. The first-order valence-electron chi connectivity index (χ1n) is 13.5. The zero-order valence-electron chi connectivity index (χ0n) is 24.1. The van der Waals surface area contributed by atoms with Crippen LogP contribution in [0.4, 0.5) is 13.2 Å². The van der Waals surface area contributed by atoms with E-state index in [-0.39, 0.29) is 29.1 Å². The van der Waals surface area contributed by atoms with E-state index in [9.17, 15) is 27.6 Å². The van der Waals surface area contributed by atoms with Gasteiger partial charge in [0, 0.05) is 24.5 Å². The van der Waals surface area contributed by atoms with Crippen molar-refractivity contribution in [1.29, 1.82) is 5.26 Å². The van der Waals surface area contributed by atoms with E-state index in [2.05, 4.69) is 49.0 Å². The van der Waals surface area contributed by atoms with Crippen LogP contribution in [-0.4, -0.2) is 71.6 Å². The summed E-state index contributed by atoms with van der Waals surface area (Å²) in [6.45, 7) is 14.7. The van der Waals surface area contributed by atoms with Crippen LogP contribution >= 0.6 is 0 Å². The van der Waals surface area contributed by atoms with E-state index < -0.39 is 18.1 Å². The second-order valence-electron chi connectivity index (χ2n) is 12.9. The Bertz CT molecular complexity index is 993. The highest BCUT2D eigenvalue weighted by Gasteiger charge is 2.62. The number of nitrogens with two attached hydrogens (primary N) is 1. The first kappa shape index (κ1) is 33.3. The standard InChI is InChI=1S/C15H25NO2.C10H15N3O2.C2H2F3NO/c1-14(2)6-5-10(18-14)7-13(17)16-8-11-12(9-16)15(11,3)4;1-10(2)4-7(9(15)13-10)3-8(5-11)12-6-14;3-2(4,5)1(6)7/h10-12H,5-9H2,1-4H3;6-8H,3-4H2,1-2H3,(H,12,14)(H,13,15);(H2,6,7). The van der Waals surface area contributed by atoms with Gasteiger partial charge in [-0.05, 0) is 70.6 Å². The number of primary amides is 1. The lowest BCUT2D eigenvalue weighted by Gasteiger charge is -2.24. The van der Waals surface area contributed by atoms with Gasteiger partial charge in [-0.25, -0.2) is 0 Å². The fourth-order valence-corrected chi connectivity index (χ4v) is 5.79. The predicted octanol–water partition coefficient (Wildman–Crippen LogP) is 2.41. The number of hydrogen-bond acceptors (Lipinski definition) is 6. The van der Waals surface area contributed by atoms with Gasteiger partial charge in [-0.1, -0.05) is 13.8 Å². The maximum absolute atomic E-state index is 12.2. The van der Waals surface area contributed by atoms with Crippen molar-refractivity contribution in [1.82, 2.24) is 15.5 Å². The van der Waals surface area contributed by atoms with E-state index in [0.717, 1.165) is 37.8 Å². The number of nitrogens with zero attached hydrogens (tertiary/aromatic N) is 2. The lowest BCUT2D eigenvalue weighted by atomic mass is 9.92. The Labute approximate surface area is 233 Å². The zero-order valence-corrected chi connectivity index (χ0v) is 24.1. The Morgan fingerprint density at radius 3 is 2.15 bits per heavy atom. The first-order valence-corrected chi connectivity index (χ1v) is 13.5. The lowest BCUT2D eigenvalue weighted by molar-refractivity contribution is -0.169. The molecule has 0 aromatic rings. The number of nitrogens with one attached hydrogen (secondary N) is 2. The minimum atomic E-state index is -4.86. The number of ether oxygens (including phenoxy) is 1.